The van der Waals surface area contributed by atoms with E-state index in [-0.39, 0.29) is 11.8 Å². The molecule has 6 heteroatoms. The highest BCUT2D eigenvalue weighted by Crippen LogP contribution is 2.16. The Kier molecular flexibility index (Phi) is 5.68. The molecule has 1 aromatic heterocycles. The highest BCUT2D eigenvalue weighted by atomic mass is 28.3. The molecule has 0 aliphatic carbocycles. The van der Waals surface area contributed by atoms with E-state index >= 15 is 0 Å². The Morgan fingerprint density at radius 3 is 2.57 bits per heavy atom. The van der Waals surface area contributed by atoms with Crippen LogP contribution in [0.4, 0.5) is 10.2 Å². The summed E-state index contributed by atoms with van der Waals surface area (Å²) < 4.78 is 19.3. The van der Waals surface area contributed by atoms with Gasteiger partial charge < -0.3 is 9.72 Å². The van der Waals surface area contributed by atoms with Gasteiger partial charge in [0, 0.05) is 0 Å². The lowest BCUT2D eigenvalue weighted by Gasteiger charge is -2.14. The van der Waals surface area contributed by atoms with E-state index in [1.54, 1.807) is 0 Å². The smallest absolute Gasteiger partial charge is 0.318 e. The third-order valence-corrected chi connectivity index (χ3v) is 5.38. The summed E-state index contributed by atoms with van der Waals surface area (Å²) in [5.41, 5.74) is 1.02. The number of ether oxygens (including phenoxy) is 1. The van der Waals surface area contributed by atoms with E-state index in [0.29, 0.717) is 6.61 Å². The summed E-state index contributed by atoms with van der Waals surface area (Å²) in [4.78, 5) is 11.2. The summed E-state index contributed by atoms with van der Waals surface area (Å²) in [5, 5.41) is 0. The maximum atomic E-state index is 13.7. The van der Waals surface area contributed by atoms with E-state index in [4.69, 9.17) is 4.74 Å². The molecule has 2 aromatic rings. The largest absolute Gasteiger partial charge is 0.459 e. The summed E-state index contributed by atoms with van der Waals surface area (Å²) in [7, 11) is -0.816. The summed E-state index contributed by atoms with van der Waals surface area (Å²) in [6.45, 7) is 4.55. The van der Waals surface area contributed by atoms with Crippen molar-refractivity contribution in [1.29, 1.82) is 0 Å². The van der Waals surface area contributed by atoms with Crippen molar-refractivity contribution < 1.29 is 9.13 Å². The average Bonchev–Trinajstić information content (AvgIpc) is 2.53. The first-order valence-corrected chi connectivity index (χ1v) is 8.95. The number of halogens is 1. The average molecular weight is 304 g/mol. The van der Waals surface area contributed by atoms with Gasteiger partial charge in [0.15, 0.2) is 20.6 Å². The van der Waals surface area contributed by atoms with E-state index in [1.165, 1.54) is 0 Å². The van der Waals surface area contributed by atoms with Gasteiger partial charge in [-0.1, -0.05) is 44.2 Å². The van der Waals surface area contributed by atoms with Crippen LogP contribution in [-0.2, 0) is 6.61 Å². The fraction of sp³-hybridized carbons (Fsp3) is 0.333. The summed E-state index contributed by atoms with van der Waals surface area (Å²) in [6.07, 6.45) is 1.15. The molecule has 0 fully saturated rings. The molecule has 1 radical (unpaired) electrons. The molecule has 0 unspecified atom stereocenters. The number of nitrogens with one attached hydrogen (secondary N) is 1. The number of benzene rings is 1. The normalized spacial score (nSPS) is 10.7. The Bertz CT molecular complexity index is 564. The monoisotopic (exact) mass is 304 g/mol. The lowest BCUT2D eigenvalue weighted by Crippen LogP contribution is -2.23. The quantitative estimate of drug-likeness (QED) is 0.793. The SMILES string of the molecule is CC[Si](CC)Nc1nc(OCc2ccccc2)ncc1F. The standard InChI is InChI=1S/C15H19FN3OSi/c1-3-21(4-2)19-14-13(16)10-17-15(18-14)20-11-12-8-6-5-7-9-12/h5-10H,3-4,11H2,1-2H3,(H,17,18,19). The molecule has 1 aromatic carbocycles. The molecule has 1 heterocycles. The number of rotatable bonds is 7. The van der Waals surface area contributed by atoms with Crippen LogP contribution in [0.25, 0.3) is 0 Å². The second-order valence-corrected chi connectivity index (χ2v) is 7.43. The lowest BCUT2D eigenvalue weighted by molar-refractivity contribution is 0.280. The van der Waals surface area contributed by atoms with Gasteiger partial charge in [-0.15, -0.1) is 0 Å². The second kappa shape index (κ2) is 7.73. The van der Waals surface area contributed by atoms with Crippen LogP contribution in [0.2, 0.25) is 12.1 Å². The minimum atomic E-state index is -0.816. The molecule has 0 aliphatic rings. The predicted molar refractivity (Wildman–Crippen MR) is 83.1 cm³/mol. The van der Waals surface area contributed by atoms with Gasteiger partial charge in [-0.2, -0.15) is 4.98 Å². The van der Waals surface area contributed by atoms with Crippen LogP contribution in [0.1, 0.15) is 19.4 Å². The highest BCUT2D eigenvalue weighted by Gasteiger charge is 2.13. The van der Waals surface area contributed by atoms with Crippen molar-refractivity contribution in [3.05, 3.63) is 47.9 Å². The Morgan fingerprint density at radius 1 is 1.19 bits per heavy atom. The van der Waals surface area contributed by atoms with Crippen molar-refractivity contribution in [2.45, 2.75) is 32.5 Å². The Morgan fingerprint density at radius 2 is 1.90 bits per heavy atom. The van der Waals surface area contributed by atoms with Crippen molar-refractivity contribution >= 4 is 14.8 Å². The topological polar surface area (TPSA) is 47.0 Å². The van der Waals surface area contributed by atoms with Crippen LogP contribution in [-0.4, -0.2) is 18.9 Å². The number of hydrogen-bond acceptors (Lipinski definition) is 4. The van der Waals surface area contributed by atoms with Gasteiger partial charge in [0.05, 0.1) is 6.20 Å². The zero-order valence-electron chi connectivity index (χ0n) is 12.3. The second-order valence-electron chi connectivity index (χ2n) is 4.56. The van der Waals surface area contributed by atoms with E-state index in [0.717, 1.165) is 23.8 Å². The number of hydrogen-bond donors (Lipinski definition) is 1. The van der Waals surface area contributed by atoms with Crippen molar-refractivity contribution in [1.82, 2.24) is 9.97 Å². The predicted octanol–water partition coefficient (Wildman–Crippen LogP) is 3.64. The summed E-state index contributed by atoms with van der Waals surface area (Å²) in [5.74, 6) is -0.197. The first-order chi connectivity index (χ1) is 10.2. The fourth-order valence-electron chi connectivity index (χ4n) is 1.82. The van der Waals surface area contributed by atoms with E-state index in [1.807, 2.05) is 30.3 Å². The van der Waals surface area contributed by atoms with Gasteiger partial charge in [-0.05, 0) is 17.7 Å². The molecule has 0 spiro atoms. The zero-order valence-corrected chi connectivity index (χ0v) is 13.3. The Labute approximate surface area is 126 Å². The minimum Gasteiger partial charge on any atom is -0.459 e. The molecule has 0 saturated heterocycles. The molecule has 0 aliphatic heterocycles. The first kappa shape index (κ1) is 15.4. The lowest BCUT2D eigenvalue weighted by atomic mass is 10.2. The van der Waals surface area contributed by atoms with Gasteiger partial charge in [0.25, 0.3) is 0 Å². The minimum absolute atomic E-state index is 0.191. The van der Waals surface area contributed by atoms with Crippen molar-refractivity contribution in [2.24, 2.45) is 0 Å². The molecular weight excluding hydrogens is 285 g/mol. The Hall–Kier alpha value is -1.95. The molecule has 21 heavy (non-hydrogen) atoms. The van der Waals surface area contributed by atoms with Crippen LogP contribution in [0.5, 0.6) is 6.01 Å². The molecule has 0 bridgehead atoms. The van der Waals surface area contributed by atoms with Crippen LogP contribution in [0, 0.1) is 5.82 Å². The van der Waals surface area contributed by atoms with Crippen molar-refractivity contribution in [2.75, 3.05) is 4.98 Å². The van der Waals surface area contributed by atoms with Gasteiger partial charge in [0.1, 0.15) is 6.61 Å². The van der Waals surface area contributed by atoms with E-state index in [2.05, 4.69) is 28.8 Å². The van der Waals surface area contributed by atoms with Crippen LogP contribution < -0.4 is 9.72 Å². The molecule has 0 atom stereocenters. The number of nitrogens with zero attached hydrogens (tertiary/aromatic N) is 2. The number of aromatic nitrogens is 2. The van der Waals surface area contributed by atoms with Gasteiger partial charge in [0.2, 0.25) is 0 Å². The van der Waals surface area contributed by atoms with Crippen molar-refractivity contribution in [3.8, 4) is 6.01 Å². The summed E-state index contributed by atoms with van der Waals surface area (Å²) >= 11 is 0. The van der Waals surface area contributed by atoms with Crippen LogP contribution in [0.3, 0.4) is 0 Å². The van der Waals surface area contributed by atoms with Crippen molar-refractivity contribution in [3.63, 3.8) is 0 Å². The molecule has 2 rings (SSSR count). The molecule has 4 nitrogen and oxygen atoms in total. The molecular formula is C15H19FN3OSi. The van der Waals surface area contributed by atoms with Crippen LogP contribution >= 0.6 is 0 Å². The van der Waals surface area contributed by atoms with Gasteiger partial charge in [-0.3, -0.25) is 0 Å². The molecule has 1 N–H and O–H groups in total. The Balaban J connectivity index is 2.04. The summed E-state index contributed by atoms with van der Waals surface area (Å²) in [6, 6.07) is 11.9. The maximum absolute atomic E-state index is 13.7. The van der Waals surface area contributed by atoms with Gasteiger partial charge >= 0.3 is 6.01 Å². The zero-order chi connectivity index (χ0) is 15.1. The first-order valence-electron chi connectivity index (χ1n) is 7.04. The van der Waals surface area contributed by atoms with Gasteiger partial charge in [-0.25, -0.2) is 9.37 Å². The highest BCUT2D eigenvalue weighted by molar-refractivity contribution is 6.62. The maximum Gasteiger partial charge on any atom is 0.318 e. The van der Waals surface area contributed by atoms with E-state index in [9.17, 15) is 4.39 Å². The third kappa shape index (κ3) is 4.52. The molecule has 111 valence electrons. The molecule has 0 amide bonds. The van der Waals surface area contributed by atoms with E-state index < -0.39 is 14.8 Å². The molecule has 0 saturated carbocycles. The fourth-order valence-corrected chi connectivity index (χ4v) is 3.19. The third-order valence-electron chi connectivity index (χ3n) is 3.08. The number of anilines is 1. The van der Waals surface area contributed by atoms with Crippen LogP contribution in [0.15, 0.2) is 36.5 Å².